The molecule has 0 bridgehead atoms. The Bertz CT molecular complexity index is 1110. The summed E-state index contributed by atoms with van der Waals surface area (Å²) < 4.78 is 41.0. The third-order valence-electron chi connectivity index (χ3n) is 11.0. The van der Waals surface area contributed by atoms with E-state index >= 15 is 0 Å². The summed E-state index contributed by atoms with van der Waals surface area (Å²) in [6.07, 6.45) is -0.335. The Labute approximate surface area is 258 Å². The van der Waals surface area contributed by atoms with Crippen molar-refractivity contribution in [2.24, 2.45) is 28.6 Å². The van der Waals surface area contributed by atoms with Crippen molar-refractivity contribution in [2.75, 3.05) is 19.8 Å². The van der Waals surface area contributed by atoms with Crippen LogP contribution in [0.15, 0.2) is 0 Å². The summed E-state index contributed by atoms with van der Waals surface area (Å²) in [6.45, 7) is 11.1. The number of aliphatic hydroxyl groups is 1. The number of epoxide rings is 1. The molecule has 5 rings (SSSR count). The maximum absolute atomic E-state index is 13.2. The summed E-state index contributed by atoms with van der Waals surface area (Å²) in [7, 11) is 0. The van der Waals surface area contributed by atoms with E-state index < -0.39 is 64.7 Å². The van der Waals surface area contributed by atoms with Gasteiger partial charge in [-0.15, -0.1) is 0 Å². The van der Waals surface area contributed by atoms with Crippen molar-refractivity contribution < 1.29 is 57.4 Å². The molecule has 1 spiro atoms. The molecule has 0 aromatic heterocycles. The van der Waals surface area contributed by atoms with Gasteiger partial charge in [0.15, 0.2) is 6.29 Å². The summed E-state index contributed by atoms with van der Waals surface area (Å²) in [6, 6.07) is 0. The topological polar surface area (TPSA) is 156 Å². The third kappa shape index (κ3) is 6.11. The molecule has 248 valence electrons. The van der Waals surface area contributed by atoms with Crippen molar-refractivity contribution in [3.63, 3.8) is 0 Å². The molecule has 12 unspecified atom stereocenters. The molecule has 12 atom stereocenters. The molecule has 0 radical (unpaired) electrons. The van der Waals surface area contributed by atoms with E-state index in [1.165, 1.54) is 13.8 Å². The van der Waals surface area contributed by atoms with Gasteiger partial charge in [0.2, 0.25) is 0 Å². The van der Waals surface area contributed by atoms with E-state index in [2.05, 4.69) is 13.8 Å². The molecule has 12 heteroatoms. The van der Waals surface area contributed by atoms with E-state index in [-0.39, 0.29) is 43.7 Å². The molecule has 0 aromatic rings. The van der Waals surface area contributed by atoms with Crippen LogP contribution < -0.4 is 0 Å². The first-order chi connectivity index (χ1) is 20.7. The Balaban J connectivity index is 1.37. The maximum Gasteiger partial charge on any atom is 0.309 e. The average molecular weight is 625 g/mol. The van der Waals surface area contributed by atoms with E-state index in [9.17, 15) is 24.3 Å². The van der Waals surface area contributed by atoms with Gasteiger partial charge in [0.05, 0.1) is 43.7 Å². The van der Waals surface area contributed by atoms with Crippen molar-refractivity contribution in [3.05, 3.63) is 0 Å². The lowest BCUT2D eigenvalue weighted by Crippen LogP contribution is -2.70. The largest absolute Gasteiger partial charge is 0.465 e. The smallest absolute Gasteiger partial charge is 0.309 e. The highest BCUT2D eigenvalue weighted by atomic mass is 16.7. The molecular formula is C32H48O12. The van der Waals surface area contributed by atoms with Crippen LogP contribution in [0.2, 0.25) is 0 Å². The van der Waals surface area contributed by atoms with Crippen LogP contribution in [0.5, 0.6) is 0 Å². The molecule has 5 aliphatic rings. The van der Waals surface area contributed by atoms with Gasteiger partial charge < -0.3 is 38.3 Å². The zero-order valence-electron chi connectivity index (χ0n) is 26.7. The summed E-state index contributed by atoms with van der Waals surface area (Å²) in [4.78, 5) is 49.1. The molecule has 0 amide bonds. The predicted molar refractivity (Wildman–Crippen MR) is 152 cm³/mol. The lowest BCUT2D eigenvalue weighted by Gasteiger charge is -2.64. The Morgan fingerprint density at radius 2 is 1.66 bits per heavy atom. The van der Waals surface area contributed by atoms with Crippen LogP contribution in [0.25, 0.3) is 0 Å². The number of hydrogen-bond acceptors (Lipinski definition) is 12. The second-order valence-electron chi connectivity index (χ2n) is 14.0. The number of aliphatic hydroxyl groups excluding tert-OH is 1. The first-order valence-corrected chi connectivity index (χ1v) is 16.0. The van der Waals surface area contributed by atoms with Gasteiger partial charge in [0.1, 0.15) is 30.5 Å². The monoisotopic (exact) mass is 624 g/mol. The van der Waals surface area contributed by atoms with Crippen molar-refractivity contribution >= 4 is 23.9 Å². The van der Waals surface area contributed by atoms with Crippen LogP contribution in [-0.2, 0) is 52.3 Å². The highest BCUT2D eigenvalue weighted by Gasteiger charge is 2.77. The number of ether oxygens (including phenoxy) is 7. The maximum atomic E-state index is 13.2. The molecule has 3 heterocycles. The van der Waals surface area contributed by atoms with Gasteiger partial charge in [-0.3, -0.25) is 19.2 Å². The van der Waals surface area contributed by atoms with Gasteiger partial charge in [-0.2, -0.15) is 0 Å². The number of carbonyl (C=O) groups excluding carboxylic acids is 4. The minimum Gasteiger partial charge on any atom is -0.465 e. The van der Waals surface area contributed by atoms with Gasteiger partial charge in [0.25, 0.3) is 0 Å². The second-order valence-corrected chi connectivity index (χ2v) is 14.0. The van der Waals surface area contributed by atoms with E-state index in [4.69, 9.17) is 33.2 Å². The first-order valence-electron chi connectivity index (χ1n) is 16.0. The molecule has 44 heavy (non-hydrogen) atoms. The SMILES string of the molecule is CC(=O)OC(C)CC(=O)OC(C)CC(=O)OCC12C(OC(C)=O)CC(C)C(C)(C3CC4CCOC4O3)C1CC(O)CC21CO1. The lowest BCUT2D eigenvalue weighted by molar-refractivity contribution is -0.264. The average Bonchev–Trinajstić information content (AvgIpc) is 3.33. The van der Waals surface area contributed by atoms with Gasteiger partial charge in [0, 0.05) is 31.6 Å². The van der Waals surface area contributed by atoms with Gasteiger partial charge in [-0.1, -0.05) is 13.8 Å². The van der Waals surface area contributed by atoms with Crippen LogP contribution in [0.4, 0.5) is 0 Å². The Morgan fingerprint density at radius 1 is 0.977 bits per heavy atom. The fourth-order valence-corrected chi connectivity index (χ4v) is 8.85. The Hall–Kier alpha value is -2.28. The van der Waals surface area contributed by atoms with Gasteiger partial charge >= 0.3 is 23.9 Å². The molecule has 5 fully saturated rings. The zero-order chi connectivity index (χ0) is 32.0. The summed E-state index contributed by atoms with van der Waals surface area (Å²) in [5, 5.41) is 11.2. The number of carbonyl (C=O) groups is 4. The van der Waals surface area contributed by atoms with Crippen molar-refractivity contribution in [3.8, 4) is 0 Å². The van der Waals surface area contributed by atoms with E-state index in [0.717, 1.165) is 12.8 Å². The van der Waals surface area contributed by atoms with Gasteiger partial charge in [-0.05, 0) is 51.4 Å². The Morgan fingerprint density at radius 3 is 2.30 bits per heavy atom. The molecular weight excluding hydrogens is 576 g/mol. The van der Waals surface area contributed by atoms with Crippen molar-refractivity contribution in [2.45, 2.75) is 129 Å². The normalized spacial score (nSPS) is 42.0. The van der Waals surface area contributed by atoms with Crippen LogP contribution in [-0.4, -0.2) is 91.2 Å². The molecule has 3 saturated heterocycles. The summed E-state index contributed by atoms with van der Waals surface area (Å²) in [5.41, 5.74) is -2.21. The van der Waals surface area contributed by atoms with Crippen LogP contribution in [0.1, 0.15) is 86.5 Å². The number of fused-ring (bicyclic) bond motifs is 3. The van der Waals surface area contributed by atoms with Gasteiger partial charge in [-0.25, -0.2) is 0 Å². The predicted octanol–water partition coefficient (Wildman–Crippen LogP) is 2.85. The minimum absolute atomic E-state index is 0.0550. The Kier molecular flexibility index (Phi) is 9.39. The number of esters is 4. The van der Waals surface area contributed by atoms with Crippen LogP contribution in [0, 0.1) is 28.6 Å². The van der Waals surface area contributed by atoms with E-state index in [1.54, 1.807) is 13.8 Å². The fourth-order valence-electron chi connectivity index (χ4n) is 8.85. The molecule has 3 aliphatic heterocycles. The number of rotatable bonds is 10. The molecule has 1 N–H and O–H groups in total. The summed E-state index contributed by atoms with van der Waals surface area (Å²) >= 11 is 0. The van der Waals surface area contributed by atoms with Crippen molar-refractivity contribution in [1.29, 1.82) is 0 Å². The number of hydrogen-bond donors (Lipinski definition) is 1. The quantitative estimate of drug-likeness (QED) is 0.216. The van der Waals surface area contributed by atoms with E-state index in [1.807, 2.05) is 0 Å². The van der Waals surface area contributed by atoms with E-state index in [0.29, 0.717) is 38.4 Å². The van der Waals surface area contributed by atoms with Crippen LogP contribution in [0.3, 0.4) is 0 Å². The highest BCUT2D eigenvalue weighted by molar-refractivity contribution is 5.73. The third-order valence-corrected chi connectivity index (χ3v) is 11.0. The van der Waals surface area contributed by atoms with Crippen LogP contribution >= 0.6 is 0 Å². The first kappa shape index (κ1) is 33.1. The molecule has 12 nitrogen and oxygen atoms in total. The zero-order valence-corrected chi connectivity index (χ0v) is 26.7. The molecule has 0 aromatic carbocycles. The summed E-state index contributed by atoms with van der Waals surface area (Å²) in [5.74, 6) is -1.99. The standard InChI is InChI=1S/C32H48O12/c1-17-9-26(43-21(5)34)32(16-39-27(36)10-19(3)42-28(37)11-18(2)41-20(4)33)24(13-23(35)14-31(32)15-40-31)30(17,6)25-12-22-7-8-38-29(22)44-25/h17-19,22-26,29,35H,7-16H2,1-6H3. The van der Waals surface area contributed by atoms with Crippen molar-refractivity contribution in [1.82, 2.24) is 0 Å². The minimum atomic E-state index is -0.921. The lowest BCUT2D eigenvalue weighted by atomic mass is 9.42. The fraction of sp³-hybridized carbons (Fsp3) is 0.875. The molecule has 2 aliphatic carbocycles. The molecule has 2 saturated carbocycles. The second kappa shape index (κ2) is 12.5. The highest BCUT2D eigenvalue weighted by Crippen LogP contribution is 2.70.